The molecule has 1 aromatic heterocycles. The van der Waals surface area contributed by atoms with Gasteiger partial charge in [-0.2, -0.15) is 0 Å². The lowest BCUT2D eigenvalue weighted by Gasteiger charge is -1.94. The third-order valence-electron chi connectivity index (χ3n) is 1.36. The highest BCUT2D eigenvalue weighted by Gasteiger charge is 1.89. The summed E-state index contributed by atoms with van der Waals surface area (Å²) in [5, 5.41) is 0. The summed E-state index contributed by atoms with van der Waals surface area (Å²) in [4.78, 5) is 3.91. The highest BCUT2D eigenvalue weighted by molar-refractivity contribution is 5.22. The van der Waals surface area contributed by atoms with E-state index in [0.29, 0.717) is 5.82 Å². The van der Waals surface area contributed by atoms with Gasteiger partial charge in [0, 0.05) is 12.7 Å². The first kappa shape index (κ1) is 7.85. The highest BCUT2D eigenvalue weighted by atomic mass is 15.1. The number of hydrogen-bond donors (Lipinski definition) is 1. The van der Waals surface area contributed by atoms with E-state index < -0.39 is 0 Å². The minimum atomic E-state index is 0.576. The summed E-state index contributed by atoms with van der Waals surface area (Å²) < 4.78 is 1.95. The van der Waals surface area contributed by atoms with Crippen LogP contribution in [0.3, 0.4) is 0 Å². The molecule has 2 N–H and O–H groups in total. The molecule has 0 unspecified atom stereocenters. The Labute approximate surface area is 66.5 Å². The summed E-state index contributed by atoms with van der Waals surface area (Å²) in [6.07, 6.45) is 5.68. The second-order valence-electron chi connectivity index (χ2n) is 2.78. The zero-order valence-corrected chi connectivity index (χ0v) is 6.91. The van der Waals surface area contributed by atoms with Crippen molar-refractivity contribution in [3.63, 3.8) is 0 Å². The Bertz CT molecular complexity index is 256. The van der Waals surface area contributed by atoms with Crippen LogP contribution in [0.15, 0.2) is 24.2 Å². The first-order valence-electron chi connectivity index (χ1n) is 3.59. The van der Waals surface area contributed by atoms with Crippen molar-refractivity contribution in [2.75, 3.05) is 5.73 Å². The molecule has 0 amide bonds. The van der Waals surface area contributed by atoms with Crippen molar-refractivity contribution in [1.82, 2.24) is 9.55 Å². The van der Waals surface area contributed by atoms with Crippen LogP contribution in [0.25, 0.3) is 0 Å². The number of anilines is 1. The number of nitrogen functional groups attached to an aromatic ring is 1. The average molecular weight is 151 g/mol. The molecule has 0 aromatic carbocycles. The SMILES string of the molecule is CC(C)=CCn1cnc(N)c1. The Morgan fingerprint density at radius 2 is 2.45 bits per heavy atom. The second kappa shape index (κ2) is 3.23. The fourth-order valence-corrected chi connectivity index (χ4v) is 0.765. The van der Waals surface area contributed by atoms with Crippen LogP contribution in [-0.2, 0) is 6.54 Å². The predicted octanol–water partition coefficient (Wildman–Crippen LogP) is 1.43. The largest absolute Gasteiger partial charge is 0.382 e. The van der Waals surface area contributed by atoms with Crippen LogP contribution in [0.4, 0.5) is 5.82 Å². The molecule has 0 atom stereocenters. The lowest BCUT2D eigenvalue weighted by atomic mass is 10.3. The maximum atomic E-state index is 5.43. The fourth-order valence-electron chi connectivity index (χ4n) is 0.765. The van der Waals surface area contributed by atoms with Crippen molar-refractivity contribution in [3.8, 4) is 0 Å². The normalized spacial score (nSPS) is 9.64. The van der Waals surface area contributed by atoms with E-state index in [1.54, 1.807) is 6.33 Å². The molecular formula is C8H13N3. The Morgan fingerprint density at radius 3 is 2.91 bits per heavy atom. The molecule has 0 bridgehead atoms. The molecule has 1 rings (SSSR count). The topological polar surface area (TPSA) is 43.8 Å². The highest BCUT2D eigenvalue weighted by Crippen LogP contribution is 1.98. The van der Waals surface area contributed by atoms with Gasteiger partial charge in [0.2, 0.25) is 0 Å². The van der Waals surface area contributed by atoms with Crippen molar-refractivity contribution in [2.24, 2.45) is 0 Å². The maximum Gasteiger partial charge on any atom is 0.141 e. The van der Waals surface area contributed by atoms with Crippen LogP contribution >= 0.6 is 0 Å². The van der Waals surface area contributed by atoms with Gasteiger partial charge in [-0.1, -0.05) is 11.6 Å². The van der Waals surface area contributed by atoms with E-state index in [2.05, 4.69) is 24.9 Å². The van der Waals surface area contributed by atoms with Crippen LogP contribution in [-0.4, -0.2) is 9.55 Å². The fraction of sp³-hybridized carbons (Fsp3) is 0.375. The summed E-state index contributed by atoms with van der Waals surface area (Å²) in [7, 11) is 0. The minimum absolute atomic E-state index is 0.576. The average Bonchev–Trinajstić information content (AvgIpc) is 2.31. The molecule has 0 spiro atoms. The first-order chi connectivity index (χ1) is 5.18. The molecule has 0 aliphatic heterocycles. The Morgan fingerprint density at radius 1 is 1.73 bits per heavy atom. The van der Waals surface area contributed by atoms with Gasteiger partial charge in [-0.25, -0.2) is 4.98 Å². The zero-order chi connectivity index (χ0) is 8.27. The molecule has 0 saturated heterocycles. The molecule has 3 nitrogen and oxygen atoms in total. The Balaban J connectivity index is 2.58. The molecule has 1 heterocycles. The molecule has 1 aromatic rings. The molecule has 0 aliphatic carbocycles. The third-order valence-corrected chi connectivity index (χ3v) is 1.36. The quantitative estimate of drug-likeness (QED) is 0.650. The van der Waals surface area contributed by atoms with Crippen molar-refractivity contribution in [1.29, 1.82) is 0 Å². The summed E-state index contributed by atoms with van der Waals surface area (Å²) in [5.74, 6) is 0.576. The second-order valence-corrected chi connectivity index (χ2v) is 2.78. The van der Waals surface area contributed by atoms with E-state index in [1.807, 2.05) is 10.8 Å². The number of allylic oxidation sites excluding steroid dienone is 2. The first-order valence-corrected chi connectivity index (χ1v) is 3.59. The van der Waals surface area contributed by atoms with E-state index in [1.165, 1.54) is 5.57 Å². The van der Waals surface area contributed by atoms with Gasteiger partial charge in [-0.05, 0) is 13.8 Å². The molecular weight excluding hydrogens is 138 g/mol. The molecule has 0 aliphatic rings. The molecule has 3 heteroatoms. The smallest absolute Gasteiger partial charge is 0.141 e. The van der Waals surface area contributed by atoms with E-state index in [4.69, 9.17) is 5.73 Å². The molecule has 60 valence electrons. The van der Waals surface area contributed by atoms with Gasteiger partial charge in [0.05, 0.1) is 6.33 Å². The molecule has 0 saturated carbocycles. The van der Waals surface area contributed by atoms with Gasteiger partial charge in [0.1, 0.15) is 5.82 Å². The number of nitrogens with zero attached hydrogens (tertiary/aromatic N) is 2. The van der Waals surface area contributed by atoms with E-state index in [0.717, 1.165) is 6.54 Å². The maximum absolute atomic E-state index is 5.43. The van der Waals surface area contributed by atoms with Crippen molar-refractivity contribution >= 4 is 5.82 Å². The number of nitrogens with two attached hydrogens (primary N) is 1. The van der Waals surface area contributed by atoms with Crippen LogP contribution in [0.1, 0.15) is 13.8 Å². The number of hydrogen-bond acceptors (Lipinski definition) is 2. The number of aromatic nitrogens is 2. The zero-order valence-electron chi connectivity index (χ0n) is 6.91. The number of imidazole rings is 1. The minimum Gasteiger partial charge on any atom is -0.382 e. The van der Waals surface area contributed by atoms with E-state index in [9.17, 15) is 0 Å². The summed E-state index contributed by atoms with van der Waals surface area (Å²) in [6.45, 7) is 4.99. The van der Waals surface area contributed by atoms with Crippen LogP contribution < -0.4 is 5.73 Å². The van der Waals surface area contributed by atoms with Crippen molar-refractivity contribution in [2.45, 2.75) is 20.4 Å². The van der Waals surface area contributed by atoms with Gasteiger partial charge in [0.25, 0.3) is 0 Å². The monoisotopic (exact) mass is 151 g/mol. The Kier molecular flexibility index (Phi) is 2.31. The number of rotatable bonds is 2. The molecule has 0 fully saturated rings. The van der Waals surface area contributed by atoms with Gasteiger partial charge in [-0.3, -0.25) is 0 Å². The molecule has 0 radical (unpaired) electrons. The van der Waals surface area contributed by atoms with E-state index >= 15 is 0 Å². The van der Waals surface area contributed by atoms with Crippen molar-refractivity contribution in [3.05, 3.63) is 24.2 Å². The Hall–Kier alpha value is -1.25. The van der Waals surface area contributed by atoms with Crippen LogP contribution in [0, 0.1) is 0 Å². The predicted molar refractivity (Wildman–Crippen MR) is 46.1 cm³/mol. The van der Waals surface area contributed by atoms with Gasteiger partial charge < -0.3 is 10.3 Å². The van der Waals surface area contributed by atoms with Crippen LogP contribution in [0.5, 0.6) is 0 Å². The lowest BCUT2D eigenvalue weighted by Crippen LogP contribution is -1.90. The summed E-state index contributed by atoms with van der Waals surface area (Å²) >= 11 is 0. The van der Waals surface area contributed by atoms with Crippen molar-refractivity contribution < 1.29 is 0 Å². The third kappa shape index (κ3) is 2.45. The lowest BCUT2D eigenvalue weighted by molar-refractivity contribution is 0.815. The van der Waals surface area contributed by atoms with Gasteiger partial charge in [0.15, 0.2) is 0 Å². The van der Waals surface area contributed by atoms with Crippen LogP contribution in [0.2, 0.25) is 0 Å². The summed E-state index contributed by atoms with van der Waals surface area (Å²) in [5.41, 5.74) is 6.74. The van der Waals surface area contributed by atoms with Gasteiger partial charge >= 0.3 is 0 Å². The standard InChI is InChI=1S/C8H13N3/c1-7(2)3-4-11-5-8(9)10-6-11/h3,5-6H,4,9H2,1-2H3. The molecule has 11 heavy (non-hydrogen) atoms. The van der Waals surface area contributed by atoms with Gasteiger partial charge in [-0.15, -0.1) is 0 Å². The van der Waals surface area contributed by atoms with E-state index in [-0.39, 0.29) is 0 Å². The summed E-state index contributed by atoms with van der Waals surface area (Å²) in [6, 6.07) is 0.